The lowest BCUT2D eigenvalue weighted by Crippen LogP contribution is -2.52. The number of anilines is 1. The van der Waals surface area contributed by atoms with E-state index in [1.165, 1.54) is 5.56 Å². The van der Waals surface area contributed by atoms with Crippen LogP contribution in [0.3, 0.4) is 0 Å². The molecule has 3 N–H and O–H groups in total. The smallest absolute Gasteiger partial charge is 0.243 e. The number of hydrogen-bond acceptors (Lipinski definition) is 2. The van der Waals surface area contributed by atoms with Crippen LogP contribution in [-0.2, 0) is 4.79 Å². The summed E-state index contributed by atoms with van der Waals surface area (Å²) in [6.45, 7) is 10.5. The lowest BCUT2D eigenvalue weighted by Gasteiger charge is -2.35. The Bertz CT molecular complexity index is 425. The quantitative estimate of drug-likeness (QED) is 0.797. The molecule has 0 heterocycles. The largest absolute Gasteiger partial charge is 0.371 e. The number of carbonyl (C=O) groups excluding carboxylic acids is 1. The molecule has 20 heavy (non-hydrogen) atoms. The van der Waals surface area contributed by atoms with Crippen molar-refractivity contribution in [2.24, 2.45) is 17.6 Å². The Morgan fingerprint density at radius 2 is 1.55 bits per heavy atom. The highest BCUT2D eigenvalue weighted by Crippen LogP contribution is 2.29. The molecule has 0 saturated carbocycles. The van der Waals surface area contributed by atoms with Gasteiger partial charge in [-0.3, -0.25) is 4.79 Å². The highest BCUT2D eigenvalue weighted by atomic mass is 16.1. The Morgan fingerprint density at radius 1 is 1.10 bits per heavy atom. The van der Waals surface area contributed by atoms with Gasteiger partial charge in [0.1, 0.15) is 5.54 Å². The van der Waals surface area contributed by atoms with Gasteiger partial charge >= 0.3 is 0 Å². The molecule has 0 atom stereocenters. The second-order valence-corrected chi connectivity index (χ2v) is 6.63. The van der Waals surface area contributed by atoms with Crippen molar-refractivity contribution < 1.29 is 4.79 Å². The van der Waals surface area contributed by atoms with Crippen LogP contribution in [0, 0.1) is 18.8 Å². The molecule has 3 nitrogen and oxygen atoms in total. The number of primary amides is 1. The van der Waals surface area contributed by atoms with Crippen LogP contribution in [-0.4, -0.2) is 11.4 Å². The van der Waals surface area contributed by atoms with Crippen LogP contribution in [0.4, 0.5) is 5.69 Å². The van der Waals surface area contributed by atoms with Gasteiger partial charge in [0.25, 0.3) is 0 Å². The molecule has 3 heteroatoms. The zero-order valence-electron chi connectivity index (χ0n) is 13.4. The minimum Gasteiger partial charge on any atom is -0.371 e. The fourth-order valence-corrected chi connectivity index (χ4v) is 2.76. The van der Waals surface area contributed by atoms with Gasteiger partial charge in [-0.15, -0.1) is 0 Å². The van der Waals surface area contributed by atoms with E-state index in [0.717, 1.165) is 18.5 Å². The number of amides is 1. The topological polar surface area (TPSA) is 55.1 Å². The van der Waals surface area contributed by atoms with Crippen molar-refractivity contribution in [1.82, 2.24) is 0 Å². The molecule has 1 aromatic rings. The Morgan fingerprint density at radius 3 is 1.90 bits per heavy atom. The molecule has 0 radical (unpaired) electrons. The summed E-state index contributed by atoms with van der Waals surface area (Å²) in [5, 5.41) is 3.41. The molecule has 0 aliphatic heterocycles. The molecule has 0 aliphatic carbocycles. The minimum absolute atomic E-state index is 0.263. The second kappa shape index (κ2) is 6.78. The highest BCUT2D eigenvalue weighted by Gasteiger charge is 2.37. The van der Waals surface area contributed by atoms with Gasteiger partial charge < -0.3 is 11.1 Å². The number of aryl methyl sites for hydroxylation is 1. The molecule has 112 valence electrons. The van der Waals surface area contributed by atoms with Crippen molar-refractivity contribution in [2.75, 3.05) is 5.32 Å². The summed E-state index contributed by atoms with van der Waals surface area (Å²) in [7, 11) is 0. The standard InChI is InChI=1S/C17H28N2O/c1-12(2)10-17(16(18)20,11-13(3)4)19-15-8-6-14(5)7-9-15/h6-9,12-13,19H,10-11H2,1-5H3,(H2,18,20). The molecule has 1 rings (SSSR count). The summed E-state index contributed by atoms with van der Waals surface area (Å²) in [6.07, 6.45) is 1.49. The van der Waals surface area contributed by atoms with E-state index >= 15 is 0 Å². The van der Waals surface area contributed by atoms with Gasteiger partial charge in [0.15, 0.2) is 0 Å². The van der Waals surface area contributed by atoms with E-state index in [4.69, 9.17) is 5.73 Å². The molecule has 0 bridgehead atoms. The van der Waals surface area contributed by atoms with E-state index in [2.05, 4.69) is 33.0 Å². The van der Waals surface area contributed by atoms with Crippen LogP contribution in [0.15, 0.2) is 24.3 Å². The Labute approximate surface area is 122 Å². The average Bonchev–Trinajstić information content (AvgIpc) is 2.30. The van der Waals surface area contributed by atoms with Crippen LogP contribution in [0.2, 0.25) is 0 Å². The summed E-state index contributed by atoms with van der Waals surface area (Å²) < 4.78 is 0. The lowest BCUT2D eigenvalue weighted by molar-refractivity contribution is -0.123. The Hall–Kier alpha value is -1.51. The molecule has 0 fully saturated rings. The van der Waals surface area contributed by atoms with Crippen LogP contribution < -0.4 is 11.1 Å². The summed E-state index contributed by atoms with van der Waals surface area (Å²) in [4.78, 5) is 12.1. The summed E-state index contributed by atoms with van der Waals surface area (Å²) in [5.41, 5.74) is 7.23. The van der Waals surface area contributed by atoms with Crippen molar-refractivity contribution in [3.8, 4) is 0 Å². The zero-order valence-corrected chi connectivity index (χ0v) is 13.4. The predicted octanol–water partition coefficient (Wildman–Crippen LogP) is 3.72. The number of carbonyl (C=O) groups is 1. The van der Waals surface area contributed by atoms with E-state index in [1.54, 1.807) is 0 Å². The number of rotatable bonds is 7. The molecular weight excluding hydrogens is 248 g/mol. The zero-order chi connectivity index (χ0) is 15.3. The predicted molar refractivity (Wildman–Crippen MR) is 85.6 cm³/mol. The van der Waals surface area contributed by atoms with Crippen molar-refractivity contribution in [2.45, 2.75) is 53.0 Å². The maximum absolute atomic E-state index is 12.1. The highest BCUT2D eigenvalue weighted by molar-refractivity contribution is 5.88. The van der Waals surface area contributed by atoms with Gasteiger partial charge in [-0.05, 0) is 43.7 Å². The molecule has 1 amide bonds. The van der Waals surface area contributed by atoms with Crippen LogP contribution in [0.5, 0.6) is 0 Å². The molecular formula is C17H28N2O. The average molecular weight is 276 g/mol. The minimum atomic E-state index is -0.669. The molecule has 0 aromatic heterocycles. The van der Waals surface area contributed by atoms with Crippen LogP contribution >= 0.6 is 0 Å². The Balaban J connectivity index is 3.06. The third-order valence-electron chi connectivity index (χ3n) is 3.42. The first kappa shape index (κ1) is 16.5. The fourth-order valence-electron chi connectivity index (χ4n) is 2.76. The maximum Gasteiger partial charge on any atom is 0.243 e. The number of hydrogen-bond donors (Lipinski definition) is 2. The van der Waals surface area contributed by atoms with E-state index in [-0.39, 0.29) is 5.91 Å². The SMILES string of the molecule is Cc1ccc(NC(CC(C)C)(CC(C)C)C(N)=O)cc1. The van der Waals surface area contributed by atoms with Crippen LogP contribution in [0.1, 0.15) is 46.1 Å². The third kappa shape index (κ3) is 4.55. The lowest BCUT2D eigenvalue weighted by atomic mass is 9.81. The fraction of sp³-hybridized carbons (Fsp3) is 0.588. The van der Waals surface area contributed by atoms with Crippen LogP contribution in [0.25, 0.3) is 0 Å². The van der Waals surface area contributed by atoms with Crippen molar-refractivity contribution in [3.63, 3.8) is 0 Å². The third-order valence-corrected chi connectivity index (χ3v) is 3.42. The Kier molecular flexibility index (Phi) is 5.61. The summed E-state index contributed by atoms with van der Waals surface area (Å²) >= 11 is 0. The molecule has 1 aromatic carbocycles. The molecule has 0 unspecified atom stereocenters. The monoisotopic (exact) mass is 276 g/mol. The van der Waals surface area contributed by atoms with E-state index in [1.807, 2.05) is 31.2 Å². The van der Waals surface area contributed by atoms with Crippen molar-refractivity contribution in [3.05, 3.63) is 29.8 Å². The van der Waals surface area contributed by atoms with Gasteiger partial charge in [0.2, 0.25) is 5.91 Å². The van der Waals surface area contributed by atoms with Gasteiger partial charge in [-0.25, -0.2) is 0 Å². The van der Waals surface area contributed by atoms with E-state index < -0.39 is 5.54 Å². The van der Waals surface area contributed by atoms with Gasteiger partial charge in [-0.1, -0.05) is 45.4 Å². The second-order valence-electron chi connectivity index (χ2n) is 6.63. The van der Waals surface area contributed by atoms with Gasteiger partial charge in [0.05, 0.1) is 0 Å². The first-order valence-electron chi connectivity index (χ1n) is 7.40. The molecule has 0 saturated heterocycles. The first-order chi connectivity index (χ1) is 9.25. The number of nitrogens with two attached hydrogens (primary N) is 1. The maximum atomic E-state index is 12.1. The number of nitrogens with one attached hydrogen (secondary N) is 1. The van der Waals surface area contributed by atoms with E-state index in [9.17, 15) is 4.79 Å². The van der Waals surface area contributed by atoms with Gasteiger partial charge in [0, 0.05) is 5.69 Å². The van der Waals surface area contributed by atoms with Gasteiger partial charge in [-0.2, -0.15) is 0 Å². The normalized spacial score (nSPS) is 11.9. The van der Waals surface area contributed by atoms with Crippen molar-refractivity contribution in [1.29, 1.82) is 0 Å². The summed E-state index contributed by atoms with van der Waals surface area (Å²) in [6, 6.07) is 8.10. The summed E-state index contributed by atoms with van der Waals surface area (Å²) in [5.74, 6) is 0.541. The first-order valence-corrected chi connectivity index (χ1v) is 7.40. The molecule has 0 spiro atoms. The number of benzene rings is 1. The van der Waals surface area contributed by atoms with Crippen molar-refractivity contribution >= 4 is 11.6 Å². The van der Waals surface area contributed by atoms with E-state index in [0.29, 0.717) is 11.8 Å². The molecule has 0 aliphatic rings.